The fraction of sp³-hybridized carbons (Fsp3) is 0.458. The predicted molar refractivity (Wildman–Crippen MR) is 127 cm³/mol. The molecule has 0 N–H and O–H groups in total. The molecule has 31 heavy (non-hydrogen) atoms. The van der Waals surface area contributed by atoms with E-state index in [9.17, 15) is 4.79 Å². The molecule has 2 aromatic heterocycles. The molecule has 0 fully saturated rings. The van der Waals surface area contributed by atoms with E-state index < -0.39 is 0 Å². The number of benzene rings is 1. The van der Waals surface area contributed by atoms with Crippen molar-refractivity contribution >= 4 is 34.4 Å². The normalized spacial score (nSPS) is 10.5. The number of alkyl halides is 1. The first-order chi connectivity index (χ1) is 15.1. The minimum Gasteiger partial charge on any atom is -0.466 e. The second kappa shape index (κ2) is 13.7. The molecule has 0 saturated heterocycles. The number of carbonyl (C=O) groups excluding carboxylic acids is 1. The van der Waals surface area contributed by atoms with Gasteiger partial charge in [0.1, 0.15) is 11.6 Å². The van der Waals surface area contributed by atoms with Crippen LogP contribution in [0.15, 0.2) is 48.7 Å². The maximum Gasteiger partial charge on any atom is 0.307 e. The third-order valence-electron chi connectivity index (χ3n) is 4.90. The Labute approximate surface area is 190 Å². The number of halogens is 1. The minimum absolute atomic E-state index is 0.140. The predicted octanol–water partition coefficient (Wildman–Crippen LogP) is 5.34. The standard InChI is InChI=1S/C15H24N2O2.C9H9ClN2/c1-3-5-8-12-17(13-10-15(18)19-4-2)14-9-6-7-11-16-14;1-12-8-5-3-2-4-7(8)11-9(12)6-10/h6-7,9,11H,3-5,8,10,12-13H2,1-2H3;2-5H,6H2,1H3. The highest BCUT2D eigenvalue weighted by molar-refractivity contribution is 6.16. The van der Waals surface area contributed by atoms with Crippen LogP contribution in [-0.2, 0) is 22.5 Å². The van der Waals surface area contributed by atoms with Gasteiger partial charge in [-0.15, -0.1) is 11.6 Å². The second-order valence-corrected chi connectivity index (χ2v) is 7.41. The molecule has 0 aliphatic carbocycles. The van der Waals surface area contributed by atoms with Gasteiger partial charge in [-0.2, -0.15) is 0 Å². The van der Waals surface area contributed by atoms with Crippen LogP contribution < -0.4 is 4.90 Å². The van der Waals surface area contributed by atoms with E-state index in [0.717, 1.165) is 35.6 Å². The molecule has 0 spiro atoms. The van der Waals surface area contributed by atoms with Gasteiger partial charge in [0.2, 0.25) is 0 Å². The van der Waals surface area contributed by atoms with Crippen LogP contribution in [0, 0.1) is 0 Å². The summed E-state index contributed by atoms with van der Waals surface area (Å²) < 4.78 is 6.98. The zero-order valence-electron chi connectivity index (χ0n) is 18.8. The highest BCUT2D eigenvalue weighted by Gasteiger charge is 2.10. The van der Waals surface area contributed by atoms with Crippen molar-refractivity contribution in [2.45, 2.75) is 45.4 Å². The fourth-order valence-corrected chi connectivity index (χ4v) is 3.45. The van der Waals surface area contributed by atoms with Gasteiger partial charge in [-0.05, 0) is 37.6 Å². The lowest BCUT2D eigenvalue weighted by Crippen LogP contribution is -2.28. The molecule has 0 radical (unpaired) electrons. The van der Waals surface area contributed by atoms with Crippen molar-refractivity contribution in [3.05, 3.63) is 54.5 Å². The Balaban J connectivity index is 0.000000242. The Morgan fingerprint density at radius 1 is 1.10 bits per heavy atom. The van der Waals surface area contributed by atoms with Gasteiger partial charge >= 0.3 is 5.97 Å². The van der Waals surface area contributed by atoms with Crippen LogP contribution >= 0.6 is 11.6 Å². The van der Waals surface area contributed by atoms with E-state index in [1.54, 1.807) is 6.20 Å². The number of imidazole rings is 1. The number of anilines is 1. The monoisotopic (exact) mass is 444 g/mol. The molecule has 0 saturated carbocycles. The average Bonchev–Trinajstić information content (AvgIpc) is 3.13. The number of hydrogen-bond donors (Lipinski definition) is 0. The van der Waals surface area contributed by atoms with Crippen molar-refractivity contribution in [1.82, 2.24) is 14.5 Å². The lowest BCUT2D eigenvalue weighted by atomic mass is 10.2. The van der Waals surface area contributed by atoms with E-state index in [2.05, 4.69) is 21.8 Å². The Hall–Kier alpha value is -2.60. The number of aryl methyl sites for hydroxylation is 1. The molecule has 168 valence electrons. The van der Waals surface area contributed by atoms with E-state index in [1.807, 2.05) is 61.0 Å². The molecule has 3 rings (SSSR count). The van der Waals surface area contributed by atoms with Crippen LogP contribution in [0.2, 0.25) is 0 Å². The zero-order chi connectivity index (χ0) is 22.5. The number of ether oxygens (including phenoxy) is 1. The van der Waals surface area contributed by atoms with Crippen LogP contribution in [0.1, 0.15) is 45.4 Å². The first kappa shape index (κ1) is 24.7. The average molecular weight is 445 g/mol. The van der Waals surface area contributed by atoms with Gasteiger partial charge in [0.05, 0.1) is 29.9 Å². The summed E-state index contributed by atoms with van der Waals surface area (Å²) in [6, 6.07) is 13.9. The first-order valence-electron chi connectivity index (χ1n) is 10.9. The smallest absolute Gasteiger partial charge is 0.307 e. The summed E-state index contributed by atoms with van der Waals surface area (Å²) in [5.74, 6) is 2.17. The van der Waals surface area contributed by atoms with Gasteiger partial charge in [0, 0.05) is 26.3 Å². The summed E-state index contributed by atoms with van der Waals surface area (Å²) in [6.07, 6.45) is 5.70. The van der Waals surface area contributed by atoms with E-state index in [0.29, 0.717) is 25.5 Å². The molecule has 0 amide bonds. The number of esters is 1. The van der Waals surface area contributed by atoms with Crippen LogP contribution in [0.4, 0.5) is 5.82 Å². The number of rotatable bonds is 10. The van der Waals surface area contributed by atoms with Crippen molar-refractivity contribution in [1.29, 1.82) is 0 Å². The molecular formula is C24H33ClN4O2. The Morgan fingerprint density at radius 2 is 1.87 bits per heavy atom. The Kier molecular flexibility index (Phi) is 10.9. The maximum absolute atomic E-state index is 11.4. The minimum atomic E-state index is -0.140. The lowest BCUT2D eigenvalue weighted by Gasteiger charge is -2.23. The highest BCUT2D eigenvalue weighted by atomic mass is 35.5. The quantitative estimate of drug-likeness (QED) is 0.240. The Morgan fingerprint density at radius 3 is 2.52 bits per heavy atom. The zero-order valence-corrected chi connectivity index (χ0v) is 19.5. The van der Waals surface area contributed by atoms with Gasteiger partial charge in [0.15, 0.2) is 0 Å². The van der Waals surface area contributed by atoms with Gasteiger partial charge in [0.25, 0.3) is 0 Å². The molecular weight excluding hydrogens is 412 g/mol. The molecule has 6 nitrogen and oxygen atoms in total. The summed E-state index contributed by atoms with van der Waals surface area (Å²) in [5, 5.41) is 0. The maximum atomic E-state index is 11.4. The van der Waals surface area contributed by atoms with Crippen molar-refractivity contribution in [2.75, 3.05) is 24.6 Å². The van der Waals surface area contributed by atoms with Crippen molar-refractivity contribution in [3.8, 4) is 0 Å². The van der Waals surface area contributed by atoms with Crippen molar-refractivity contribution in [3.63, 3.8) is 0 Å². The molecule has 3 aromatic rings. The number of aromatic nitrogens is 3. The largest absolute Gasteiger partial charge is 0.466 e. The number of hydrogen-bond acceptors (Lipinski definition) is 5. The van der Waals surface area contributed by atoms with Crippen LogP contribution in [-0.4, -0.2) is 40.2 Å². The van der Waals surface area contributed by atoms with Crippen LogP contribution in [0.5, 0.6) is 0 Å². The number of carbonyl (C=O) groups is 1. The number of pyridine rings is 1. The summed E-state index contributed by atoms with van der Waals surface area (Å²) >= 11 is 5.72. The molecule has 0 aliphatic rings. The third-order valence-corrected chi connectivity index (χ3v) is 5.13. The summed E-state index contributed by atoms with van der Waals surface area (Å²) in [5.41, 5.74) is 2.14. The molecule has 7 heteroatoms. The molecule has 0 bridgehead atoms. The van der Waals surface area contributed by atoms with Gasteiger partial charge < -0.3 is 14.2 Å². The summed E-state index contributed by atoms with van der Waals surface area (Å²) in [4.78, 5) is 22.3. The summed E-state index contributed by atoms with van der Waals surface area (Å²) in [7, 11) is 1.98. The van der Waals surface area contributed by atoms with E-state index in [4.69, 9.17) is 16.3 Å². The van der Waals surface area contributed by atoms with Gasteiger partial charge in [-0.25, -0.2) is 9.97 Å². The van der Waals surface area contributed by atoms with E-state index in [-0.39, 0.29) is 5.97 Å². The topological polar surface area (TPSA) is 60.3 Å². The fourth-order valence-electron chi connectivity index (χ4n) is 3.21. The number of nitrogens with zero attached hydrogens (tertiary/aromatic N) is 4. The Bertz CT molecular complexity index is 914. The van der Waals surface area contributed by atoms with Gasteiger partial charge in [-0.1, -0.05) is 38.0 Å². The number of fused-ring (bicyclic) bond motifs is 1. The van der Waals surface area contributed by atoms with E-state index in [1.165, 1.54) is 12.8 Å². The molecule has 0 aliphatic heterocycles. The van der Waals surface area contributed by atoms with Gasteiger partial charge in [-0.3, -0.25) is 4.79 Å². The lowest BCUT2D eigenvalue weighted by molar-refractivity contribution is -0.142. The third kappa shape index (κ3) is 7.87. The second-order valence-electron chi connectivity index (χ2n) is 7.15. The first-order valence-corrected chi connectivity index (χ1v) is 11.4. The van der Waals surface area contributed by atoms with Crippen LogP contribution in [0.3, 0.4) is 0 Å². The molecule has 2 heterocycles. The van der Waals surface area contributed by atoms with Crippen LogP contribution in [0.25, 0.3) is 11.0 Å². The molecule has 1 aromatic carbocycles. The van der Waals surface area contributed by atoms with Crippen molar-refractivity contribution < 1.29 is 9.53 Å². The summed E-state index contributed by atoms with van der Waals surface area (Å²) in [6.45, 7) is 6.06. The molecule has 0 unspecified atom stereocenters. The van der Waals surface area contributed by atoms with E-state index >= 15 is 0 Å². The number of para-hydroxylation sites is 2. The number of unbranched alkanes of at least 4 members (excludes halogenated alkanes) is 2. The molecule has 0 atom stereocenters. The van der Waals surface area contributed by atoms with Crippen molar-refractivity contribution in [2.24, 2.45) is 7.05 Å². The highest BCUT2D eigenvalue weighted by Crippen LogP contribution is 2.15. The SMILES string of the molecule is CCCCCN(CCC(=O)OCC)c1ccccn1.Cn1c(CCl)nc2ccccc21.